The molecule has 3 heterocycles. The van der Waals surface area contributed by atoms with Gasteiger partial charge in [0.2, 0.25) is 0 Å². The summed E-state index contributed by atoms with van der Waals surface area (Å²) in [5.41, 5.74) is 1.29. The fraction of sp³-hybridized carbons (Fsp3) is 0.0435. The van der Waals surface area contributed by atoms with Gasteiger partial charge in [-0.3, -0.25) is 18.6 Å². The van der Waals surface area contributed by atoms with Crippen molar-refractivity contribution in [1.82, 2.24) is 18.9 Å². The van der Waals surface area contributed by atoms with E-state index in [1.165, 1.54) is 51.2 Å². The highest BCUT2D eigenvalue weighted by Crippen LogP contribution is 2.26. The molecule has 10 heteroatoms. The molecule has 0 radical (unpaired) electrons. The van der Waals surface area contributed by atoms with Gasteiger partial charge in [-0.15, -0.1) is 0 Å². The molecule has 33 heavy (non-hydrogen) atoms. The largest absolute Gasteiger partial charge is 0.269 e. The summed E-state index contributed by atoms with van der Waals surface area (Å²) in [6.07, 6.45) is 1.50. The van der Waals surface area contributed by atoms with Crippen molar-refractivity contribution >= 4 is 51.5 Å². The summed E-state index contributed by atoms with van der Waals surface area (Å²) in [6.45, 7) is 0. The van der Waals surface area contributed by atoms with Crippen LogP contribution in [0, 0.1) is 5.82 Å². The van der Waals surface area contributed by atoms with Gasteiger partial charge in [0.15, 0.2) is 5.16 Å². The summed E-state index contributed by atoms with van der Waals surface area (Å²) < 4.78 is 16.5. The molecule has 0 fully saturated rings. The van der Waals surface area contributed by atoms with Gasteiger partial charge in [0, 0.05) is 18.0 Å². The first-order valence-corrected chi connectivity index (χ1v) is 11.4. The van der Waals surface area contributed by atoms with Crippen LogP contribution >= 0.6 is 35.0 Å². The van der Waals surface area contributed by atoms with Crippen molar-refractivity contribution in [3.63, 3.8) is 0 Å². The Bertz CT molecular complexity index is 1670. The predicted molar refractivity (Wildman–Crippen MR) is 128 cm³/mol. The number of thioether (sulfide) groups is 1. The van der Waals surface area contributed by atoms with E-state index in [0.717, 1.165) is 0 Å². The van der Waals surface area contributed by atoms with Crippen LogP contribution in [0.2, 0.25) is 10.0 Å². The normalized spacial score (nSPS) is 11.4. The van der Waals surface area contributed by atoms with Gasteiger partial charge >= 0.3 is 0 Å². The van der Waals surface area contributed by atoms with Crippen LogP contribution in [0.5, 0.6) is 0 Å². The van der Waals surface area contributed by atoms with Gasteiger partial charge in [-0.2, -0.15) is 0 Å². The second-order valence-corrected chi connectivity index (χ2v) is 8.89. The molecule has 6 nitrogen and oxygen atoms in total. The quantitative estimate of drug-likeness (QED) is 0.253. The highest BCUT2D eigenvalue weighted by molar-refractivity contribution is 7.98. The van der Waals surface area contributed by atoms with Crippen LogP contribution in [0.1, 0.15) is 5.69 Å². The second kappa shape index (κ2) is 8.62. The molecule has 0 aliphatic rings. The molecule has 5 aromatic rings. The van der Waals surface area contributed by atoms with Gasteiger partial charge in [0.05, 0.1) is 32.3 Å². The lowest BCUT2D eigenvalue weighted by molar-refractivity contribution is 0.627. The third-order valence-corrected chi connectivity index (χ3v) is 6.42. The molecule has 164 valence electrons. The molecular formula is C23H13Cl2FN4O2S. The molecule has 0 spiro atoms. The topological polar surface area (TPSA) is 69.3 Å². The number of halogens is 3. The Kier molecular flexibility index (Phi) is 5.65. The average molecular weight is 499 g/mol. The molecule has 2 aromatic carbocycles. The Labute approximate surface area is 200 Å². The molecule has 5 rings (SSSR count). The number of para-hydroxylation sites is 1. The van der Waals surface area contributed by atoms with Crippen molar-refractivity contribution in [2.75, 3.05) is 0 Å². The third kappa shape index (κ3) is 4.13. The van der Waals surface area contributed by atoms with E-state index in [-0.39, 0.29) is 21.9 Å². The second-order valence-electron chi connectivity index (χ2n) is 7.10. The molecular weight excluding hydrogens is 486 g/mol. The number of hydrogen-bond donors (Lipinski definition) is 0. The minimum atomic E-state index is -0.586. The summed E-state index contributed by atoms with van der Waals surface area (Å²) in [4.78, 5) is 34.9. The standard InChI is InChI=1S/C23H13Cl2FN4O2S/c24-13-5-8-20-27-14(9-21(31)29(20)11-13)12-33-23-28-19-4-2-1-3-16(19)22(32)30(23)15-6-7-18(26)17(25)10-15/h1-11H,12H2. The monoisotopic (exact) mass is 498 g/mol. The molecule has 0 N–H and O–H groups in total. The number of nitrogens with zero attached hydrogens (tertiary/aromatic N) is 4. The number of benzene rings is 2. The molecule has 0 atom stereocenters. The number of pyridine rings is 1. The molecule has 0 amide bonds. The summed E-state index contributed by atoms with van der Waals surface area (Å²) in [7, 11) is 0. The van der Waals surface area contributed by atoms with Crippen molar-refractivity contribution in [2.45, 2.75) is 10.9 Å². The van der Waals surface area contributed by atoms with Crippen molar-refractivity contribution < 1.29 is 4.39 Å². The molecule has 0 aliphatic heterocycles. The Hall–Kier alpha value is -3.20. The predicted octanol–water partition coefficient (Wildman–Crippen LogP) is 5.13. The van der Waals surface area contributed by atoms with E-state index in [4.69, 9.17) is 23.2 Å². The van der Waals surface area contributed by atoms with Crippen LogP contribution in [0.25, 0.3) is 22.2 Å². The highest BCUT2D eigenvalue weighted by Gasteiger charge is 2.15. The number of rotatable bonds is 4. The van der Waals surface area contributed by atoms with E-state index < -0.39 is 5.82 Å². The van der Waals surface area contributed by atoms with Gasteiger partial charge < -0.3 is 0 Å². The first-order chi connectivity index (χ1) is 15.9. The zero-order valence-electron chi connectivity index (χ0n) is 16.7. The highest BCUT2D eigenvalue weighted by atomic mass is 35.5. The molecule has 0 saturated heterocycles. The Morgan fingerprint density at radius 2 is 1.79 bits per heavy atom. The fourth-order valence-electron chi connectivity index (χ4n) is 3.40. The fourth-order valence-corrected chi connectivity index (χ4v) is 4.64. The van der Waals surface area contributed by atoms with E-state index in [1.54, 1.807) is 36.4 Å². The lowest BCUT2D eigenvalue weighted by Gasteiger charge is -2.13. The van der Waals surface area contributed by atoms with Crippen LogP contribution < -0.4 is 11.1 Å². The zero-order valence-corrected chi connectivity index (χ0v) is 19.0. The average Bonchev–Trinajstić information content (AvgIpc) is 2.80. The zero-order chi connectivity index (χ0) is 23.1. The van der Waals surface area contributed by atoms with E-state index in [9.17, 15) is 14.0 Å². The van der Waals surface area contributed by atoms with Crippen LogP contribution in [0.4, 0.5) is 4.39 Å². The Balaban J connectivity index is 1.61. The number of hydrogen-bond acceptors (Lipinski definition) is 5. The summed E-state index contributed by atoms with van der Waals surface area (Å²) in [6, 6.07) is 15.7. The lowest BCUT2D eigenvalue weighted by Crippen LogP contribution is -2.22. The van der Waals surface area contributed by atoms with E-state index in [1.807, 2.05) is 0 Å². The molecule has 3 aromatic heterocycles. The van der Waals surface area contributed by atoms with Crippen LogP contribution in [-0.4, -0.2) is 18.9 Å². The van der Waals surface area contributed by atoms with Crippen molar-refractivity contribution in [3.8, 4) is 5.69 Å². The maximum absolute atomic E-state index is 13.7. The SMILES string of the molecule is O=c1c2ccccc2nc(SCc2cc(=O)n3cc(Cl)ccc3n2)n1-c1ccc(F)c(Cl)c1. The van der Waals surface area contributed by atoms with E-state index >= 15 is 0 Å². The first-order valence-electron chi connectivity index (χ1n) is 9.68. The van der Waals surface area contributed by atoms with Crippen molar-refractivity contribution in [3.05, 3.63) is 109 Å². The Morgan fingerprint density at radius 3 is 2.61 bits per heavy atom. The summed E-state index contributed by atoms with van der Waals surface area (Å²) in [5, 5.41) is 1.10. The maximum atomic E-state index is 13.7. The minimum Gasteiger partial charge on any atom is -0.269 e. The van der Waals surface area contributed by atoms with Gasteiger partial charge in [-0.1, -0.05) is 47.1 Å². The summed E-state index contributed by atoms with van der Waals surface area (Å²) >= 11 is 13.2. The Morgan fingerprint density at radius 1 is 0.970 bits per heavy atom. The molecule has 0 bridgehead atoms. The van der Waals surface area contributed by atoms with E-state index in [2.05, 4.69) is 9.97 Å². The van der Waals surface area contributed by atoms with Gasteiger partial charge in [-0.05, 0) is 42.5 Å². The minimum absolute atomic E-state index is 0.105. The van der Waals surface area contributed by atoms with Crippen molar-refractivity contribution in [1.29, 1.82) is 0 Å². The van der Waals surface area contributed by atoms with Crippen LogP contribution in [0.15, 0.2) is 81.6 Å². The third-order valence-electron chi connectivity index (χ3n) is 4.93. The van der Waals surface area contributed by atoms with E-state index in [0.29, 0.717) is 38.1 Å². The summed E-state index contributed by atoms with van der Waals surface area (Å²) in [5.74, 6) is -0.314. The lowest BCUT2D eigenvalue weighted by atomic mass is 10.2. The first kappa shape index (κ1) is 21.6. The maximum Gasteiger partial charge on any atom is 0.266 e. The molecule has 0 aliphatic carbocycles. The van der Waals surface area contributed by atoms with Crippen LogP contribution in [-0.2, 0) is 5.75 Å². The van der Waals surface area contributed by atoms with Crippen molar-refractivity contribution in [2.24, 2.45) is 0 Å². The molecule has 0 unspecified atom stereocenters. The van der Waals surface area contributed by atoms with Gasteiger partial charge in [0.1, 0.15) is 11.5 Å². The number of fused-ring (bicyclic) bond motifs is 2. The van der Waals surface area contributed by atoms with Gasteiger partial charge in [0.25, 0.3) is 11.1 Å². The van der Waals surface area contributed by atoms with Gasteiger partial charge in [-0.25, -0.2) is 14.4 Å². The molecule has 0 saturated carbocycles. The number of aromatic nitrogens is 4. The van der Waals surface area contributed by atoms with Crippen LogP contribution in [0.3, 0.4) is 0 Å². The smallest absolute Gasteiger partial charge is 0.266 e.